The number of pyridine rings is 1. The molecule has 0 aliphatic carbocycles. The van der Waals surface area contributed by atoms with Gasteiger partial charge in [0, 0.05) is 12.4 Å². The Morgan fingerprint density at radius 1 is 0.891 bits per heavy atom. The molecule has 46 heavy (non-hydrogen) atoms. The summed E-state index contributed by atoms with van der Waals surface area (Å²) in [6.45, 7) is 13.4. The number of rotatable bonds is 6. The molecule has 3 aromatic carbocycles. The number of para-hydroxylation sites is 2. The monoisotopic (exact) mass is 789 g/mol. The molecule has 0 spiro atoms. The second kappa shape index (κ2) is 11.6. The third-order valence-electron chi connectivity index (χ3n) is 8.75. The second-order valence-corrected chi connectivity index (χ2v) is 14.7. The molecule has 0 saturated heterocycles. The van der Waals surface area contributed by atoms with Gasteiger partial charge in [0.25, 0.3) is 0 Å². The van der Waals surface area contributed by atoms with E-state index in [1.165, 1.54) is 16.6 Å². The van der Waals surface area contributed by atoms with Crippen molar-refractivity contribution in [2.75, 3.05) is 4.81 Å². The van der Waals surface area contributed by atoms with Crippen LogP contribution < -0.4 is 9.55 Å². The van der Waals surface area contributed by atoms with E-state index in [2.05, 4.69) is 159 Å². The Morgan fingerprint density at radius 2 is 1.67 bits per heavy atom. The number of hydrogen-bond donors (Lipinski definition) is 0. The first-order valence-corrected chi connectivity index (χ1v) is 17.0. The number of benzene rings is 3. The molecule has 9 heteroatoms. The SMILES string of the molecule is Cc1ccnc(N2B(CC(C)C)n3nccc3-c3ccc(Oc4cc(-n5[c](=[Pt])n(C)c6ccccc65)cc(C(C)(C)C)c4)cc32)c1. The Morgan fingerprint density at radius 3 is 2.41 bits per heavy atom. The van der Waals surface area contributed by atoms with Gasteiger partial charge in [0.1, 0.15) is 0 Å². The molecular weight excluding hydrogens is 750 g/mol. The number of ether oxygens (including phenoxy) is 1. The Kier molecular flexibility index (Phi) is 7.67. The Labute approximate surface area is 282 Å². The number of imidazole rings is 1. The van der Waals surface area contributed by atoms with Gasteiger partial charge >= 0.3 is 227 Å². The van der Waals surface area contributed by atoms with Crippen molar-refractivity contribution in [2.24, 2.45) is 13.0 Å². The van der Waals surface area contributed by atoms with Crippen LogP contribution in [0.2, 0.25) is 6.32 Å². The van der Waals surface area contributed by atoms with E-state index in [9.17, 15) is 0 Å². The number of fused-ring (bicyclic) bond motifs is 4. The van der Waals surface area contributed by atoms with Gasteiger partial charge in [-0.3, -0.25) is 0 Å². The van der Waals surface area contributed by atoms with Gasteiger partial charge in [-0.25, -0.2) is 0 Å². The molecule has 7 rings (SSSR count). The van der Waals surface area contributed by atoms with Crippen molar-refractivity contribution in [3.8, 4) is 28.4 Å². The minimum atomic E-state index is -0.0726. The third-order valence-corrected chi connectivity index (χ3v) is 10.0. The Balaban J connectivity index is 1.37. The van der Waals surface area contributed by atoms with Crippen LogP contribution in [-0.4, -0.2) is 30.8 Å². The average molecular weight is 790 g/mol. The topological polar surface area (TPSA) is 53.0 Å². The molecule has 3 aromatic heterocycles. The summed E-state index contributed by atoms with van der Waals surface area (Å²) in [5, 5.41) is 4.79. The van der Waals surface area contributed by atoms with E-state index < -0.39 is 0 Å². The summed E-state index contributed by atoms with van der Waals surface area (Å²) < 4.78 is 14.6. The number of nitrogens with zero attached hydrogens (tertiary/aromatic N) is 6. The zero-order valence-electron chi connectivity index (χ0n) is 27.4. The summed E-state index contributed by atoms with van der Waals surface area (Å²) >= 11 is 2.42. The molecule has 0 atom stereocenters. The molecule has 0 saturated carbocycles. The standard InChI is InChI=1S/C37H39BN6O.Pt/c1-25(2)23-38-43(36-18-26(3)14-16-39-36)35-22-29(12-13-31(35)32-15-17-40-44(32)38)45-30-20-27(37(4,5)6)19-28(21-30)42-24-41(7)33-10-8-9-11-34(33)42;/h8-22,25H,23H2,1-7H3;. The van der Waals surface area contributed by atoms with E-state index in [0.717, 1.165) is 55.6 Å². The van der Waals surface area contributed by atoms with E-state index in [0.29, 0.717) is 5.92 Å². The van der Waals surface area contributed by atoms with Crippen molar-refractivity contribution >= 4 is 29.5 Å². The molecule has 4 heterocycles. The van der Waals surface area contributed by atoms with E-state index >= 15 is 0 Å². The maximum atomic E-state index is 6.80. The van der Waals surface area contributed by atoms with E-state index in [4.69, 9.17) is 14.8 Å². The van der Waals surface area contributed by atoms with Crippen LogP contribution in [0.25, 0.3) is 28.0 Å². The first-order chi connectivity index (χ1) is 22.0. The van der Waals surface area contributed by atoms with Crippen molar-refractivity contribution in [1.82, 2.24) is 23.8 Å². The number of anilines is 2. The van der Waals surface area contributed by atoms with Crippen molar-refractivity contribution in [1.29, 1.82) is 0 Å². The summed E-state index contributed by atoms with van der Waals surface area (Å²) in [5.74, 6) is 2.95. The fourth-order valence-electron chi connectivity index (χ4n) is 6.43. The van der Waals surface area contributed by atoms with E-state index in [-0.39, 0.29) is 12.4 Å². The molecule has 1 aliphatic heterocycles. The normalized spacial score (nSPS) is 13.0. The molecule has 1 aliphatic rings. The Bertz CT molecular complexity index is 2150. The van der Waals surface area contributed by atoms with Gasteiger partial charge in [0.05, 0.1) is 0 Å². The Hall–Kier alpha value is -4.16. The molecule has 0 fully saturated rings. The molecule has 0 amide bonds. The summed E-state index contributed by atoms with van der Waals surface area (Å²) in [7, 11) is 2.12. The predicted octanol–water partition coefficient (Wildman–Crippen LogP) is 8.85. The van der Waals surface area contributed by atoms with Gasteiger partial charge < -0.3 is 0 Å². The van der Waals surface area contributed by atoms with Crippen molar-refractivity contribution < 1.29 is 24.1 Å². The van der Waals surface area contributed by atoms with Gasteiger partial charge in [0.15, 0.2) is 0 Å². The predicted molar refractivity (Wildman–Crippen MR) is 184 cm³/mol. The van der Waals surface area contributed by atoms with Crippen LogP contribution in [0, 0.1) is 16.6 Å². The first kappa shape index (κ1) is 30.5. The number of aromatic nitrogens is 5. The fourth-order valence-corrected chi connectivity index (χ4v) is 7.27. The van der Waals surface area contributed by atoms with Crippen LogP contribution in [0.15, 0.2) is 91.3 Å². The van der Waals surface area contributed by atoms with Gasteiger partial charge in [0.2, 0.25) is 0 Å². The molecule has 0 bridgehead atoms. The summed E-state index contributed by atoms with van der Waals surface area (Å²) in [4.78, 5) is 7.18. The van der Waals surface area contributed by atoms with Crippen LogP contribution >= 0.6 is 0 Å². The number of aryl methyl sites for hydroxylation is 2. The maximum absolute atomic E-state index is 6.80. The molecule has 6 aromatic rings. The van der Waals surface area contributed by atoms with Gasteiger partial charge in [-0.1, -0.05) is 13.8 Å². The molecule has 0 radical (unpaired) electrons. The van der Waals surface area contributed by atoms with Gasteiger partial charge in [-0.15, -0.1) is 0 Å². The molecule has 7 nitrogen and oxygen atoms in total. The summed E-state index contributed by atoms with van der Waals surface area (Å²) in [5.41, 5.74) is 9.01. The third kappa shape index (κ3) is 5.37. The first-order valence-electron chi connectivity index (χ1n) is 15.8. The fraction of sp³-hybridized carbons (Fsp3) is 0.270. The quantitative estimate of drug-likeness (QED) is 0.158. The van der Waals surface area contributed by atoms with Crippen LogP contribution in [0.3, 0.4) is 0 Å². The zero-order chi connectivity index (χ0) is 32.3. The van der Waals surface area contributed by atoms with Crippen LogP contribution in [0.5, 0.6) is 11.5 Å². The van der Waals surface area contributed by atoms with Crippen molar-refractivity contribution in [3.05, 3.63) is 106 Å². The molecular formula is C37H39BN6OPt. The van der Waals surface area contributed by atoms with Crippen LogP contribution in [0.1, 0.15) is 45.7 Å². The minimum absolute atomic E-state index is 0.0113. The molecule has 0 unspecified atom stereocenters. The van der Waals surface area contributed by atoms with Crippen molar-refractivity contribution in [3.63, 3.8) is 0 Å². The van der Waals surface area contributed by atoms with Crippen LogP contribution in [-0.2, 0) is 31.8 Å². The molecule has 0 N–H and O–H groups in total. The number of hydrogen-bond acceptors (Lipinski definition) is 4. The average Bonchev–Trinajstić information content (AvgIpc) is 3.60. The van der Waals surface area contributed by atoms with Gasteiger partial charge in [-0.05, 0) is 24.5 Å². The zero-order valence-corrected chi connectivity index (χ0v) is 29.7. The van der Waals surface area contributed by atoms with Gasteiger partial charge in [-0.2, -0.15) is 5.10 Å². The molecule has 236 valence electrons. The summed E-state index contributed by atoms with van der Waals surface area (Å²) in [6.07, 6.45) is 4.71. The van der Waals surface area contributed by atoms with Crippen LogP contribution in [0.4, 0.5) is 11.5 Å². The van der Waals surface area contributed by atoms with E-state index in [1.807, 2.05) is 18.5 Å². The van der Waals surface area contributed by atoms with Crippen molar-refractivity contribution in [2.45, 2.75) is 53.3 Å². The summed E-state index contributed by atoms with van der Waals surface area (Å²) in [6, 6.07) is 27.8. The van der Waals surface area contributed by atoms with E-state index in [1.54, 1.807) is 0 Å². The second-order valence-electron chi connectivity index (χ2n) is 13.7.